The molecule has 2 aromatic carbocycles. The molecule has 162 valence electrons. The zero-order valence-corrected chi connectivity index (χ0v) is 17.7. The first kappa shape index (κ1) is 22.3. The molecule has 1 aliphatic rings. The second kappa shape index (κ2) is 9.62. The van der Waals surface area contributed by atoms with Crippen LogP contribution in [0.3, 0.4) is 0 Å². The van der Waals surface area contributed by atoms with E-state index in [1.54, 1.807) is 24.3 Å². The van der Waals surface area contributed by atoms with Crippen LogP contribution in [-0.4, -0.2) is 44.0 Å². The van der Waals surface area contributed by atoms with Crippen molar-refractivity contribution in [1.82, 2.24) is 5.32 Å². The topological polar surface area (TPSA) is 147 Å². The van der Waals surface area contributed by atoms with E-state index in [2.05, 4.69) is 15.5 Å². The number of rotatable bonds is 8. The average molecular weight is 462 g/mol. The summed E-state index contributed by atoms with van der Waals surface area (Å²) >= 11 is 0.928. The Kier molecular flexibility index (Phi) is 6.92. The molecule has 0 radical (unpaired) electrons. The first-order chi connectivity index (χ1) is 14.8. The van der Waals surface area contributed by atoms with Crippen molar-refractivity contribution in [3.63, 3.8) is 0 Å². The lowest BCUT2D eigenvalue weighted by molar-refractivity contribution is -0.305. The number of nitrogens with one attached hydrogen (secondary N) is 1. The quantitative estimate of drug-likeness (QED) is 0.339. The van der Waals surface area contributed by atoms with E-state index in [9.17, 15) is 23.1 Å². The molecule has 0 spiro atoms. The molecule has 0 aliphatic carbocycles. The molecule has 1 atom stereocenters. The van der Waals surface area contributed by atoms with E-state index in [1.807, 2.05) is 0 Å². The molecule has 1 amide bonds. The van der Waals surface area contributed by atoms with E-state index >= 15 is 0 Å². The highest BCUT2D eigenvalue weighted by atomic mass is 32.2. The minimum Gasteiger partial charge on any atom is -0.550 e. The van der Waals surface area contributed by atoms with Gasteiger partial charge in [0.2, 0.25) is 5.91 Å². The highest BCUT2D eigenvalue weighted by Gasteiger charge is 2.30. The third-order valence-corrected chi connectivity index (χ3v) is 6.22. The molecule has 0 bridgehead atoms. The number of hydrogen-bond donors (Lipinski definition) is 1. The van der Waals surface area contributed by atoms with E-state index in [1.165, 1.54) is 37.6 Å². The third-order valence-electron chi connectivity index (χ3n) is 3.90. The summed E-state index contributed by atoms with van der Waals surface area (Å²) in [6.07, 6.45) is 0.877. The maximum absolute atomic E-state index is 12.5. The number of carbonyl (C=O) groups is 2. The van der Waals surface area contributed by atoms with Crippen LogP contribution < -0.4 is 19.3 Å². The Bertz CT molecular complexity index is 1150. The standard InChI is InChI=1S/C19H17N3O7S2/c1-28-14-8-7-12(9-15(14)29-31(26,27)13-5-3-2-4-6-13)11-20-22-19-21-18(25)16(30-19)10-17(23)24/h2-9,11,16H,10H2,1H3,(H,23,24)(H,21,22,25)/p-1/b20-11-/t16-/m0/s1. The van der Waals surface area contributed by atoms with Crippen LogP contribution in [0.25, 0.3) is 0 Å². The van der Waals surface area contributed by atoms with Crippen LogP contribution in [0.2, 0.25) is 0 Å². The normalized spacial score (nSPS) is 17.6. The van der Waals surface area contributed by atoms with Gasteiger partial charge in [0.15, 0.2) is 16.7 Å². The van der Waals surface area contributed by atoms with E-state index in [0.717, 1.165) is 11.8 Å². The summed E-state index contributed by atoms with van der Waals surface area (Å²) in [4.78, 5) is 22.3. The van der Waals surface area contributed by atoms with E-state index in [4.69, 9.17) is 8.92 Å². The minimum atomic E-state index is -4.07. The van der Waals surface area contributed by atoms with Gasteiger partial charge in [-0.25, -0.2) is 0 Å². The third kappa shape index (κ3) is 5.83. The van der Waals surface area contributed by atoms with Crippen LogP contribution in [-0.2, 0) is 19.7 Å². The molecule has 0 saturated carbocycles. The van der Waals surface area contributed by atoms with Crippen molar-refractivity contribution in [2.24, 2.45) is 10.2 Å². The minimum absolute atomic E-state index is 0.0114. The largest absolute Gasteiger partial charge is 0.550 e. The number of benzene rings is 2. The van der Waals surface area contributed by atoms with Crippen LogP contribution in [0.15, 0.2) is 63.6 Å². The van der Waals surface area contributed by atoms with Crippen LogP contribution in [0.4, 0.5) is 0 Å². The maximum atomic E-state index is 12.5. The predicted octanol–water partition coefficient (Wildman–Crippen LogP) is 0.524. The van der Waals surface area contributed by atoms with Crippen LogP contribution >= 0.6 is 11.8 Å². The molecule has 12 heteroatoms. The number of thioether (sulfide) groups is 1. The number of amidine groups is 1. The fourth-order valence-corrected chi connectivity index (χ4v) is 4.34. The molecule has 31 heavy (non-hydrogen) atoms. The van der Waals surface area contributed by atoms with Gasteiger partial charge in [0.25, 0.3) is 0 Å². The zero-order valence-electron chi connectivity index (χ0n) is 16.0. The predicted molar refractivity (Wildman–Crippen MR) is 111 cm³/mol. The number of amides is 1. The Balaban J connectivity index is 1.76. The van der Waals surface area contributed by atoms with Gasteiger partial charge in [0, 0.05) is 12.4 Å². The molecule has 1 aliphatic heterocycles. The van der Waals surface area contributed by atoms with Crippen molar-refractivity contribution in [3.8, 4) is 11.5 Å². The number of carboxylic acid groups (broad SMARTS) is 1. The molecule has 0 aromatic heterocycles. The number of ether oxygens (including phenoxy) is 1. The summed E-state index contributed by atoms with van der Waals surface area (Å²) in [6, 6.07) is 12.2. The molecular weight excluding hydrogens is 446 g/mol. The van der Waals surface area contributed by atoms with E-state index in [-0.39, 0.29) is 21.6 Å². The molecule has 2 aromatic rings. The SMILES string of the molecule is COc1ccc(/C=N\N=C2\NC(=O)[C@H](CC(=O)[O-])S2)cc1OS(=O)(=O)c1ccccc1. The van der Waals surface area contributed by atoms with Crippen molar-refractivity contribution in [1.29, 1.82) is 0 Å². The molecule has 1 saturated heterocycles. The lowest BCUT2D eigenvalue weighted by atomic mass is 10.2. The number of carboxylic acids is 1. The average Bonchev–Trinajstić information content (AvgIpc) is 3.07. The van der Waals surface area contributed by atoms with Gasteiger partial charge >= 0.3 is 10.1 Å². The van der Waals surface area contributed by atoms with Gasteiger partial charge in [-0.15, -0.1) is 5.10 Å². The Morgan fingerprint density at radius 1 is 1.23 bits per heavy atom. The Morgan fingerprint density at radius 3 is 2.65 bits per heavy atom. The molecule has 0 unspecified atom stereocenters. The second-order valence-electron chi connectivity index (χ2n) is 6.08. The lowest BCUT2D eigenvalue weighted by Crippen LogP contribution is -2.31. The molecule has 1 heterocycles. The fourth-order valence-electron chi connectivity index (χ4n) is 2.48. The van der Waals surface area contributed by atoms with Gasteiger partial charge in [-0.2, -0.15) is 13.5 Å². The Labute approximate surface area is 182 Å². The maximum Gasteiger partial charge on any atom is 0.339 e. The van der Waals surface area contributed by atoms with Gasteiger partial charge in [-0.3, -0.25) is 4.79 Å². The fraction of sp³-hybridized carbons (Fsp3) is 0.158. The highest BCUT2D eigenvalue weighted by molar-refractivity contribution is 8.15. The summed E-state index contributed by atoms with van der Waals surface area (Å²) < 4.78 is 35.3. The molecule has 3 rings (SSSR count). The summed E-state index contributed by atoms with van der Waals surface area (Å²) in [7, 11) is -2.70. The monoisotopic (exact) mass is 462 g/mol. The van der Waals surface area contributed by atoms with Gasteiger partial charge in [0.05, 0.1) is 18.6 Å². The Morgan fingerprint density at radius 2 is 1.97 bits per heavy atom. The highest BCUT2D eigenvalue weighted by Crippen LogP contribution is 2.30. The first-order valence-electron chi connectivity index (χ1n) is 8.74. The molecule has 10 nitrogen and oxygen atoms in total. The first-order valence-corrected chi connectivity index (χ1v) is 11.0. The molecule has 1 N–H and O–H groups in total. The number of nitrogens with zero attached hydrogens (tertiary/aromatic N) is 2. The Hall–Kier alpha value is -3.38. The van der Waals surface area contributed by atoms with Gasteiger partial charge < -0.3 is 24.1 Å². The van der Waals surface area contributed by atoms with Crippen LogP contribution in [0.1, 0.15) is 12.0 Å². The zero-order chi connectivity index (χ0) is 22.4. The van der Waals surface area contributed by atoms with E-state index < -0.39 is 33.7 Å². The number of methoxy groups -OCH3 is 1. The van der Waals surface area contributed by atoms with Gasteiger partial charge in [-0.1, -0.05) is 30.0 Å². The molecular formula is C19H16N3O7S2-. The summed E-state index contributed by atoms with van der Waals surface area (Å²) in [5, 5.41) is 20.0. The molecule has 1 fully saturated rings. The number of carbonyl (C=O) groups excluding carboxylic acids is 2. The van der Waals surface area contributed by atoms with Crippen molar-refractivity contribution in [3.05, 3.63) is 54.1 Å². The number of aliphatic carboxylic acids is 1. The van der Waals surface area contributed by atoms with Crippen LogP contribution in [0, 0.1) is 0 Å². The second-order valence-corrected chi connectivity index (χ2v) is 8.82. The van der Waals surface area contributed by atoms with E-state index in [0.29, 0.717) is 5.56 Å². The number of hydrogen-bond acceptors (Lipinski definition) is 10. The van der Waals surface area contributed by atoms with Crippen molar-refractivity contribution < 1.29 is 32.0 Å². The summed E-state index contributed by atoms with van der Waals surface area (Å²) in [5.74, 6) is -1.67. The van der Waals surface area contributed by atoms with Gasteiger partial charge in [0.1, 0.15) is 4.90 Å². The van der Waals surface area contributed by atoms with Gasteiger partial charge in [-0.05, 0) is 35.9 Å². The summed E-state index contributed by atoms with van der Waals surface area (Å²) in [5.41, 5.74) is 0.448. The van der Waals surface area contributed by atoms with Crippen molar-refractivity contribution >= 4 is 45.1 Å². The van der Waals surface area contributed by atoms with Crippen molar-refractivity contribution in [2.75, 3.05) is 7.11 Å². The lowest BCUT2D eigenvalue weighted by Gasteiger charge is -2.11. The smallest absolute Gasteiger partial charge is 0.339 e. The van der Waals surface area contributed by atoms with Crippen molar-refractivity contribution in [2.45, 2.75) is 16.6 Å². The van der Waals surface area contributed by atoms with Crippen LogP contribution in [0.5, 0.6) is 11.5 Å². The summed E-state index contributed by atoms with van der Waals surface area (Å²) in [6.45, 7) is 0.